The first-order valence-electron chi connectivity index (χ1n) is 5.44. The van der Waals surface area contributed by atoms with Gasteiger partial charge in [0.05, 0.1) is 0 Å². The van der Waals surface area contributed by atoms with Gasteiger partial charge in [0, 0.05) is 5.92 Å². The van der Waals surface area contributed by atoms with E-state index in [-0.39, 0.29) is 12.3 Å². The summed E-state index contributed by atoms with van der Waals surface area (Å²) in [7, 11) is -5.61. The van der Waals surface area contributed by atoms with Gasteiger partial charge in [-0.1, -0.05) is 6.42 Å². The van der Waals surface area contributed by atoms with E-state index < -0.39 is 33.1 Å². The Morgan fingerprint density at radius 1 is 1.11 bits per heavy atom. The molecule has 18 heavy (non-hydrogen) atoms. The van der Waals surface area contributed by atoms with Crippen LogP contribution in [0.5, 0.6) is 0 Å². The maximum absolute atomic E-state index is 13.8. The highest BCUT2D eigenvalue weighted by molar-refractivity contribution is 14.1. The average molecular weight is 402 g/mol. The summed E-state index contributed by atoms with van der Waals surface area (Å²) in [6.07, 6.45) is 1.68. The Bertz CT molecular complexity index is 439. The van der Waals surface area contributed by atoms with E-state index in [1.807, 2.05) is 0 Å². The van der Waals surface area contributed by atoms with Crippen molar-refractivity contribution < 1.29 is 28.5 Å². The first kappa shape index (κ1) is 14.8. The van der Waals surface area contributed by atoms with E-state index in [2.05, 4.69) is 2.51 Å². The highest BCUT2D eigenvalue weighted by atomic mass is 127. The molecule has 3 atom stereocenters. The van der Waals surface area contributed by atoms with E-state index in [0.717, 1.165) is 6.42 Å². The molecule has 2 aliphatic carbocycles. The molecule has 0 N–H and O–H groups in total. The fourth-order valence-corrected chi connectivity index (χ4v) is 4.35. The Morgan fingerprint density at radius 2 is 1.72 bits per heavy atom. The minimum Gasteiger partial charge on any atom is -0.198 e. The van der Waals surface area contributed by atoms with E-state index in [0.29, 0.717) is 35.8 Å². The predicted octanol–water partition coefficient (Wildman–Crippen LogP) is 3.35. The highest BCUT2D eigenvalue weighted by Gasteiger charge is 2.72. The van der Waals surface area contributed by atoms with Gasteiger partial charge in [-0.15, -0.1) is 0 Å². The van der Waals surface area contributed by atoms with Gasteiger partial charge in [0.25, 0.3) is 0 Å². The van der Waals surface area contributed by atoms with Gasteiger partial charge < -0.3 is 0 Å². The summed E-state index contributed by atoms with van der Waals surface area (Å²) in [5, 5.41) is -5.18. The van der Waals surface area contributed by atoms with Crippen molar-refractivity contribution >= 4 is 33.1 Å². The van der Waals surface area contributed by atoms with Crippen molar-refractivity contribution in [1.29, 1.82) is 0 Å². The van der Waals surface area contributed by atoms with Crippen LogP contribution in [0.2, 0.25) is 0 Å². The zero-order chi connectivity index (χ0) is 13.8. The van der Waals surface area contributed by atoms with Crippen molar-refractivity contribution in [2.75, 3.05) is 0 Å². The maximum Gasteiger partial charge on any atom is 0.432 e. The molecule has 106 valence electrons. The smallest absolute Gasteiger partial charge is 0.198 e. The Kier molecular flexibility index (Phi) is 3.64. The summed E-state index contributed by atoms with van der Waals surface area (Å²) in [5.41, 5.74) is 0. The SMILES string of the molecule is O=S(=O)(OI)C(F)(F)C(F)(F)C1CC2CCC1C2. The van der Waals surface area contributed by atoms with Crippen LogP contribution in [-0.2, 0) is 12.6 Å². The van der Waals surface area contributed by atoms with Gasteiger partial charge in [-0.25, -0.2) is 0 Å². The molecule has 2 fully saturated rings. The molecule has 0 aromatic heterocycles. The third kappa shape index (κ3) is 1.96. The van der Waals surface area contributed by atoms with E-state index in [4.69, 9.17) is 0 Å². The quantitative estimate of drug-likeness (QED) is 0.535. The van der Waals surface area contributed by atoms with Crippen molar-refractivity contribution in [1.82, 2.24) is 0 Å². The van der Waals surface area contributed by atoms with Gasteiger partial charge in [-0.05, 0) is 31.1 Å². The van der Waals surface area contributed by atoms with Crippen LogP contribution in [0.15, 0.2) is 0 Å². The molecule has 2 aliphatic rings. The fraction of sp³-hybridized carbons (Fsp3) is 1.00. The largest absolute Gasteiger partial charge is 0.432 e. The van der Waals surface area contributed by atoms with Crippen molar-refractivity contribution in [2.24, 2.45) is 17.8 Å². The van der Waals surface area contributed by atoms with Crippen LogP contribution in [0.25, 0.3) is 0 Å². The third-order valence-corrected chi connectivity index (χ3v) is 6.47. The summed E-state index contributed by atoms with van der Waals surface area (Å²) in [6, 6.07) is 0. The number of halogens is 5. The lowest BCUT2D eigenvalue weighted by Gasteiger charge is -2.34. The van der Waals surface area contributed by atoms with Gasteiger partial charge in [-0.3, -0.25) is 0 Å². The zero-order valence-corrected chi connectivity index (χ0v) is 12.1. The third-order valence-electron chi connectivity index (χ3n) is 3.99. The number of fused-ring (bicyclic) bond motifs is 2. The summed E-state index contributed by atoms with van der Waals surface area (Å²) >= 11 is 0.681. The molecule has 2 rings (SSSR count). The molecular weight excluding hydrogens is 391 g/mol. The molecule has 0 heterocycles. The Hall–Kier alpha value is 0.360. The van der Waals surface area contributed by atoms with Gasteiger partial charge in [0.15, 0.2) is 0 Å². The normalized spacial score (nSPS) is 33.1. The number of rotatable bonds is 4. The van der Waals surface area contributed by atoms with Gasteiger partial charge in [0.2, 0.25) is 0 Å². The topological polar surface area (TPSA) is 43.4 Å². The zero-order valence-electron chi connectivity index (χ0n) is 9.08. The van der Waals surface area contributed by atoms with Crippen molar-refractivity contribution in [2.45, 2.75) is 36.9 Å². The van der Waals surface area contributed by atoms with Crippen LogP contribution in [0.4, 0.5) is 17.6 Å². The molecule has 0 saturated heterocycles. The van der Waals surface area contributed by atoms with Crippen LogP contribution in [0.3, 0.4) is 0 Å². The number of hydrogen-bond donors (Lipinski definition) is 0. The predicted molar refractivity (Wildman–Crippen MR) is 62.9 cm³/mol. The number of hydrogen-bond acceptors (Lipinski definition) is 3. The molecule has 2 saturated carbocycles. The fourth-order valence-electron chi connectivity index (χ4n) is 3.11. The molecule has 3 unspecified atom stereocenters. The second-order valence-electron chi connectivity index (χ2n) is 4.94. The van der Waals surface area contributed by atoms with E-state index in [1.165, 1.54) is 0 Å². The van der Waals surface area contributed by atoms with Crippen molar-refractivity contribution in [3.05, 3.63) is 0 Å². The molecule has 0 radical (unpaired) electrons. The van der Waals surface area contributed by atoms with E-state index in [9.17, 15) is 26.0 Å². The molecule has 0 aromatic rings. The van der Waals surface area contributed by atoms with Crippen LogP contribution in [0, 0.1) is 17.8 Å². The number of alkyl halides is 4. The molecule has 3 nitrogen and oxygen atoms in total. The van der Waals surface area contributed by atoms with Crippen LogP contribution >= 0.6 is 23.0 Å². The average Bonchev–Trinajstić information content (AvgIpc) is 2.90. The summed E-state index contributed by atoms with van der Waals surface area (Å²) in [5.74, 6) is -6.66. The lowest BCUT2D eigenvalue weighted by atomic mass is 9.84. The van der Waals surface area contributed by atoms with Gasteiger partial charge in [-0.2, -0.15) is 28.5 Å². The Balaban J connectivity index is 2.31. The maximum atomic E-state index is 13.8. The highest BCUT2D eigenvalue weighted by Crippen LogP contribution is 2.58. The van der Waals surface area contributed by atoms with Crippen LogP contribution in [-0.4, -0.2) is 19.6 Å². The minimum absolute atomic E-state index is 0.0184. The molecule has 0 spiro atoms. The molecule has 0 aliphatic heterocycles. The van der Waals surface area contributed by atoms with Crippen molar-refractivity contribution in [3.8, 4) is 0 Å². The van der Waals surface area contributed by atoms with Crippen LogP contribution < -0.4 is 0 Å². The molecule has 2 bridgehead atoms. The summed E-state index contributed by atoms with van der Waals surface area (Å²) in [4.78, 5) is 0. The molecule has 9 heteroatoms. The van der Waals surface area contributed by atoms with E-state index in [1.54, 1.807) is 0 Å². The minimum atomic E-state index is -5.61. The second-order valence-corrected chi connectivity index (χ2v) is 7.56. The lowest BCUT2D eigenvalue weighted by molar-refractivity contribution is -0.201. The molecule has 0 amide bonds. The van der Waals surface area contributed by atoms with Gasteiger partial charge >= 0.3 is 21.3 Å². The summed E-state index contributed by atoms with van der Waals surface area (Å²) < 4.78 is 80.1. The summed E-state index contributed by atoms with van der Waals surface area (Å²) in [6.45, 7) is 0. The lowest BCUT2D eigenvalue weighted by Crippen LogP contribution is -2.52. The van der Waals surface area contributed by atoms with E-state index >= 15 is 0 Å². The molecule has 0 aromatic carbocycles. The Morgan fingerprint density at radius 3 is 2.11 bits per heavy atom. The Labute approximate surface area is 116 Å². The molecular formula is C9H11F4IO3S. The first-order valence-corrected chi connectivity index (χ1v) is 7.72. The monoisotopic (exact) mass is 402 g/mol. The second kappa shape index (κ2) is 4.44. The van der Waals surface area contributed by atoms with Crippen molar-refractivity contribution in [3.63, 3.8) is 0 Å². The first-order chi connectivity index (χ1) is 8.13. The van der Waals surface area contributed by atoms with Gasteiger partial charge in [0.1, 0.15) is 23.0 Å². The van der Waals surface area contributed by atoms with Crippen LogP contribution in [0.1, 0.15) is 25.7 Å². The standard InChI is InChI=1S/C9H11F4IO3S/c10-8(11,9(12,13)18(15,16)17-14)7-4-5-1-2-6(7)3-5/h5-7H,1-4H2.